The Bertz CT molecular complexity index is 527. The molecule has 0 aliphatic rings. The van der Waals surface area contributed by atoms with Gasteiger partial charge in [-0.1, -0.05) is 12.1 Å². The van der Waals surface area contributed by atoms with E-state index in [2.05, 4.69) is 10.1 Å². The van der Waals surface area contributed by atoms with Gasteiger partial charge in [-0.3, -0.25) is 14.4 Å². The zero-order valence-corrected chi connectivity index (χ0v) is 12.4. The van der Waals surface area contributed by atoms with Gasteiger partial charge in [-0.05, 0) is 24.1 Å². The van der Waals surface area contributed by atoms with E-state index >= 15 is 0 Å². The zero-order chi connectivity index (χ0) is 16.5. The van der Waals surface area contributed by atoms with Crippen molar-refractivity contribution in [3.05, 3.63) is 29.8 Å². The lowest BCUT2D eigenvalue weighted by Crippen LogP contribution is -2.30. The summed E-state index contributed by atoms with van der Waals surface area (Å²) in [7, 11) is 1.28. The van der Waals surface area contributed by atoms with Crippen LogP contribution < -0.4 is 11.1 Å². The molecule has 120 valence electrons. The molecule has 1 aromatic carbocycles. The summed E-state index contributed by atoms with van der Waals surface area (Å²) in [5.74, 6) is -1.71. The third kappa shape index (κ3) is 6.25. The van der Waals surface area contributed by atoms with Crippen LogP contribution >= 0.6 is 0 Å². The number of carbonyl (C=O) groups excluding carboxylic acids is 2. The summed E-state index contributed by atoms with van der Waals surface area (Å²) in [5.41, 5.74) is 6.81. The number of carboxylic acid groups (broad SMARTS) is 1. The number of aliphatic carboxylic acids is 1. The van der Waals surface area contributed by atoms with Crippen molar-refractivity contribution in [2.24, 2.45) is 0 Å². The van der Waals surface area contributed by atoms with E-state index in [1.165, 1.54) is 7.11 Å². The first kappa shape index (κ1) is 17.5. The normalized spacial score (nSPS) is 11.5. The van der Waals surface area contributed by atoms with Crippen molar-refractivity contribution in [2.45, 2.75) is 31.7 Å². The van der Waals surface area contributed by atoms with Gasteiger partial charge in [-0.2, -0.15) is 0 Å². The molecular weight excluding hydrogens is 288 g/mol. The predicted molar refractivity (Wildman–Crippen MR) is 79.9 cm³/mol. The summed E-state index contributed by atoms with van der Waals surface area (Å²) in [6.45, 7) is 0. The molecule has 0 aliphatic heterocycles. The molecule has 1 rings (SSSR count). The third-order valence-corrected chi connectivity index (χ3v) is 3.07. The summed E-state index contributed by atoms with van der Waals surface area (Å²) in [6.07, 6.45) is 0.391. The number of nitrogens with one attached hydrogen (secondary N) is 1. The Morgan fingerprint density at radius 3 is 2.41 bits per heavy atom. The summed E-state index contributed by atoms with van der Waals surface area (Å²) in [4.78, 5) is 33.8. The Balaban J connectivity index is 2.61. The Morgan fingerprint density at radius 2 is 1.86 bits per heavy atom. The second kappa shape index (κ2) is 8.66. The molecule has 0 radical (unpaired) electrons. The SMILES string of the molecule is COC(=O)CCCC(=O)N[C@H](CC(=O)O)c1ccc(N)cc1. The molecule has 0 saturated carbocycles. The van der Waals surface area contributed by atoms with Crippen molar-refractivity contribution in [3.8, 4) is 0 Å². The van der Waals surface area contributed by atoms with Gasteiger partial charge in [0, 0.05) is 18.5 Å². The smallest absolute Gasteiger partial charge is 0.305 e. The number of carboxylic acids is 1. The maximum atomic E-state index is 11.9. The van der Waals surface area contributed by atoms with Crippen molar-refractivity contribution in [3.63, 3.8) is 0 Å². The Labute approximate surface area is 128 Å². The van der Waals surface area contributed by atoms with Crippen LogP contribution in [0.1, 0.15) is 37.3 Å². The standard InChI is InChI=1S/C15H20N2O5/c1-22-15(21)4-2-3-13(18)17-12(9-14(19)20)10-5-7-11(16)8-6-10/h5-8,12H,2-4,9,16H2,1H3,(H,17,18)(H,19,20)/t12-/m1/s1. The quantitative estimate of drug-likeness (QED) is 0.491. The van der Waals surface area contributed by atoms with Gasteiger partial charge in [-0.25, -0.2) is 0 Å². The van der Waals surface area contributed by atoms with Gasteiger partial charge in [0.2, 0.25) is 5.91 Å². The maximum absolute atomic E-state index is 11.9. The summed E-state index contributed by atoms with van der Waals surface area (Å²) in [6, 6.07) is 6.01. The second-order valence-electron chi connectivity index (χ2n) is 4.81. The molecule has 0 aliphatic carbocycles. The number of rotatable bonds is 8. The highest BCUT2D eigenvalue weighted by atomic mass is 16.5. The molecule has 7 heteroatoms. The molecule has 1 amide bonds. The van der Waals surface area contributed by atoms with Crippen LogP contribution in [0.25, 0.3) is 0 Å². The average Bonchev–Trinajstić information content (AvgIpc) is 2.46. The first-order chi connectivity index (χ1) is 10.4. The molecule has 0 aromatic heterocycles. The largest absolute Gasteiger partial charge is 0.481 e. The Morgan fingerprint density at radius 1 is 1.23 bits per heavy atom. The van der Waals surface area contributed by atoms with Gasteiger partial charge in [-0.15, -0.1) is 0 Å². The number of carbonyl (C=O) groups is 3. The van der Waals surface area contributed by atoms with Crippen LogP contribution in [0.15, 0.2) is 24.3 Å². The molecule has 0 bridgehead atoms. The van der Waals surface area contributed by atoms with Crippen molar-refractivity contribution >= 4 is 23.5 Å². The minimum absolute atomic E-state index is 0.125. The van der Waals surface area contributed by atoms with Crippen LogP contribution in [0, 0.1) is 0 Å². The van der Waals surface area contributed by atoms with Crippen LogP contribution in [0.2, 0.25) is 0 Å². The maximum Gasteiger partial charge on any atom is 0.305 e. The molecular formula is C15H20N2O5. The van der Waals surface area contributed by atoms with Crippen LogP contribution in [-0.2, 0) is 19.1 Å². The molecule has 4 N–H and O–H groups in total. The molecule has 0 fully saturated rings. The molecule has 0 unspecified atom stereocenters. The molecule has 7 nitrogen and oxygen atoms in total. The van der Waals surface area contributed by atoms with E-state index in [4.69, 9.17) is 10.8 Å². The second-order valence-corrected chi connectivity index (χ2v) is 4.81. The fourth-order valence-corrected chi connectivity index (χ4v) is 1.92. The van der Waals surface area contributed by atoms with E-state index in [0.717, 1.165) is 0 Å². The number of nitrogen functional groups attached to an aromatic ring is 1. The number of esters is 1. The minimum Gasteiger partial charge on any atom is -0.481 e. The number of anilines is 1. The Kier molecular flexibility index (Phi) is 6.88. The highest BCUT2D eigenvalue weighted by Crippen LogP contribution is 2.18. The monoisotopic (exact) mass is 308 g/mol. The van der Waals surface area contributed by atoms with Crippen molar-refractivity contribution < 1.29 is 24.2 Å². The highest BCUT2D eigenvalue weighted by molar-refractivity contribution is 5.78. The van der Waals surface area contributed by atoms with E-state index in [1.54, 1.807) is 24.3 Å². The van der Waals surface area contributed by atoms with Crippen LogP contribution in [0.4, 0.5) is 5.69 Å². The number of benzene rings is 1. The summed E-state index contributed by atoms with van der Waals surface area (Å²) < 4.78 is 4.49. The van der Waals surface area contributed by atoms with E-state index in [0.29, 0.717) is 17.7 Å². The van der Waals surface area contributed by atoms with Crippen LogP contribution in [0.3, 0.4) is 0 Å². The molecule has 0 spiro atoms. The van der Waals surface area contributed by atoms with Gasteiger partial charge in [0.05, 0.1) is 19.6 Å². The first-order valence-corrected chi connectivity index (χ1v) is 6.85. The van der Waals surface area contributed by atoms with E-state index < -0.39 is 12.0 Å². The number of hydrogen-bond acceptors (Lipinski definition) is 5. The average molecular weight is 308 g/mol. The number of methoxy groups -OCH3 is 1. The zero-order valence-electron chi connectivity index (χ0n) is 12.4. The number of ether oxygens (including phenoxy) is 1. The highest BCUT2D eigenvalue weighted by Gasteiger charge is 2.18. The topological polar surface area (TPSA) is 119 Å². The van der Waals surface area contributed by atoms with Crippen LogP contribution in [-0.4, -0.2) is 30.1 Å². The summed E-state index contributed by atoms with van der Waals surface area (Å²) in [5, 5.41) is 11.6. The van der Waals surface area contributed by atoms with Gasteiger partial charge in [0.1, 0.15) is 0 Å². The van der Waals surface area contributed by atoms with Crippen molar-refractivity contribution in [1.29, 1.82) is 0 Å². The van der Waals surface area contributed by atoms with E-state index in [1.807, 2.05) is 0 Å². The predicted octanol–water partition coefficient (Wildman–Crippen LogP) is 1.24. The first-order valence-electron chi connectivity index (χ1n) is 6.85. The molecule has 0 saturated heterocycles. The van der Waals surface area contributed by atoms with Gasteiger partial charge in [0.15, 0.2) is 0 Å². The van der Waals surface area contributed by atoms with E-state index in [9.17, 15) is 14.4 Å². The number of amides is 1. The molecule has 22 heavy (non-hydrogen) atoms. The van der Waals surface area contributed by atoms with Crippen molar-refractivity contribution in [2.75, 3.05) is 12.8 Å². The molecule has 1 aromatic rings. The van der Waals surface area contributed by atoms with Gasteiger partial charge >= 0.3 is 11.9 Å². The summed E-state index contributed by atoms with van der Waals surface area (Å²) >= 11 is 0. The molecule has 0 heterocycles. The lowest BCUT2D eigenvalue weighted by Gasteiger charge is -2.17. The van der Waals surface area contributed by atoms with Gasteiger partial charge in [0.25, 0.3) is 0 Å². The number of nitrogens with two attached hydrogens (primary N) is 1. The van der Waals surface area contributed by atoms with Gasteiger partial charge < -0.3 is 20.9 Å². The van der Waals surface area contributed by atoms with Crippen LogP contribution in [0.5, 0.6) is 0 Å². The number of hydrogen-bond donors (Lipinski definition) is 3. The Hall–Kier alpha value is -2.57. The fraction of sp³-hybridized carbons (Fsp3) is 0.400. The minimum atomic E-state index is -1.02. The third-order valence-electron chi connectivity index (χ3n) is 3.07. The lowest BCUT2D eigenvalue weighted by molar-refractivity contribution is -0.140. The van der Waals surface area contributed by atoms with Crippen molar-refractivity contribution in [1.82, 2.24) is 5.32 Å². The van der Waals surface area contributed by atoms with E-state index in [-0.39, 0.29) is 31.1 Å². The molecule has 1 atom stereocenters. The fourth-order valence-electron chi connectivity index (χ4n) is 1.92. The lowest BCUT2D eigenvalue weighted by atomic mass is 10.0.